The van der Waals surface area contributed by atoms with E-state index < -0.39 is 0 Å². The predicted octanol–water partition coefficient (Wildman–Crippen LogP) is 4.04. The van der Waals surface area contributed by atoms with Crippen molar-refractivity contribution in [1.29, 1.82) is 0 Å². The van der Waals surface area contributed by atoms with Gasteiger partial charge in [0.25, 0.3) is 0 Å². The highest BCUT2D eigenvalue weighted by Crippen LogP contribution is 2.21. The van der Waals surface area contributed by atoms with Gasteiger partial charge >= 0.3 is 0 Å². The number of thiophene rings is 1. The van der Waals surface area contributed by atoms with E-state index in [-0.39, 0.29) is 12.4 Å². The van der Waals surface area contributed by atoms with Crippen LogP contribution in [-0.2, 0) is 4.74 Å². The van der Waals surface area contributed by atoms with Crippen LogP contribution in [0.5, 0.6) is 0 Å². The molecular formula is C12H17ClO2S. The fourth-order valence-corrected chi connectivity index (χ4v) is 2.43. The van der Waals surface area contributed by atoms with E-state index in [1.54, 1.807) is 12.1 Å². The monoisotopic (exact) mass is 260 g/mol. The molecule has 0 radical (unpaired) electrons. The summed E-state index contributed by atoms with van der Waals surface area (Å²) in [5.41, 5.74) is 0. The Balaban J connectivity index is 2.25. The summed E-state index contributed by atoms with van der Waals surface area (Å²) in [6, 6.07) is 3.48. The van der Waals surface area contributed by atoms with Crippen LogP contribution in [0.1, 0.15) is 36.4 Å². The quantitative estimate of drug-likeness (QED) is 0.692. The Kier molecular flexibility index (Phi) is 6.03. The van der Waals surface area contributed by atoms with Crippen LogP contribution in [0.15, 0.2) is 12.1 Å². The molecule has 0 saturated heterocycles. The molecule has 1 rings (SSSR count). The van der Waals surface area contributed by atoms with Crippen LogP contribution in [0, 0.1) is 5.92 Å². The average molecular weight is 261 g/mol. The predicted molar refractivity (Wildman–Crippen MR) is 68.6 cm³/mol. The van der Waals surface area contributed by atoms with Crippen LogP contribution in [0.4, 0.5) is 0 Å². The molecule has 1 unspecified atom stereocenters. The summed E-state index contributed by atoms with van der Waals surface area (Å²) in [7, 11) is 0. The van der Waals surface area contributed by atoms with E-state index in [0.717, 1.165) is 12.8 Å². The van der Waals surface area contributed by atoms with Crippen LogP contribution in [0.3, 0.4) is 0 Å². The first-order valence-corrected chi connectivity index (χ1v) is 6.69. The molecule has 0 fully saturated rings. The standard InChI is InChI=1S/C12H17ClO2S/c1-3-4-9(2)7-15-8-10(14)11-5-6-12(13)16-11/h5-6,9H,3-4,7-8H2,1-2H3. The number of halogens is 1. The number of ketones is 1. The summed E-state index contributed by atoms with van der Waals surface area (Å²) in [5, 5.41) is 0. The van der Waals surface area contributed by atoms with Crippen LogP contribution >= 0.6 is 22.9 Å². The molecular weight excluding hydrogens is 244 g/mol. The van der Waals surface area contributed by atoms with Gasteiger partial charge in [-0.15, -0.1) is 11.3 Å². The molecule has 0 aliphatic carbocycles. The van der Waals surface area contributed by atoms with E-state index in [1.165, 1.54) is 11.3 Å². The van der Waals surface area contributed by atoms with Crippen molar-refractivity contribution in [1.82, 2.24) is 0 Å². The van der Waals surface area contributed by atoms with E-state index in [9.17, 15) is 4.79 Å². The third-order valence-corrected chi connectivity index (χ3v) is 3.54. The van der Waals surface area contributed by atoms with Gasteiger partial charge in [-0.3, -0.25) is 4.79 Å². The van der Waals surface area contributed by atoms with Gasteiger partial charge in [0.15, 0.2) is 5.78 Å². The third kappa shape index (κ3) is 4.64. The molecule has 0 spiro atoms. The molecule has 1 aromatic heterocycles. The maximum Gasteiger partial charge on any atom is 0.198 e. The maximum atomic E-state index is 11.6. The van der Waals surface area contributed by atoms with E-state index in [0.29, 0.717) is 21.7 Å². The molecule has 1 heterocycles. The SMILES string of the molecule is CCCC(C)COCC(=O)c1ccc(Cl)s1. The summed E-state index contributed by atoms with van der Waals surface area (Å²) < 4.78 is 6.03. The lowest BCUT2D eigenvalue weighted by atomic mass is 10.1. The van der Waals surface area contributed by atoms with Crippen molar-refractivity contribution in [3.05, 3.63) is 21.3 Å². The largest absolute Gasteiger partial charge is 0.373 e. The fraction of sp³-hybridized carbons (Fsp3) is 0.583. The summed E-state index contributed by atoms with van der Waals surface area (Å²) in [5.74, 6) is 0.533. The van der Waals surface area contributed by atoms with Gasteiger partial charge in [-0.25, -0.2) is 0 Å². The molecule has 0 N–H and O–H groups in total. The van der Waals surface area contributed by atoms with Crippen LogP contribution in [0.2, 0.25) is 4.34 Å². The van der Waals surface area contributed by atoms with Gasteiger partial charge < -0.3 is 4.74 Å². The van der Waals surface area contributed by atoms with Crippen molar-refractivity contribution < 1.29 is 9.53 Å². The minimum atomic E-state index is 0.0144. The Morgan fingerprint density at radius 3 is 2.88 bits per heavy atom. The molecule has 0 aliphatic heterocycles. The lowest BCUT2D eigenvalue weighted by Crippen LogP contribution is -2.12. The molecule has 0 aliphatic rings. The highest BCUT2D eigenvalue weighted by atomic mass is 35.5. The minimum Gasteiger partial charge on any atom is -0.373 e. The molecule has 90 valence electrons. The average Bonchev–Trinajstić information content (AvgIpc) is 2.65. The van der Waals surface area contributed by atoms with E-state index in [1.807, 2.05) is 0 Å². The summed E-state index contributed by atoms with van der Waals surface area (Å²) in [4.78, 5) is 12.3. The van der Waals surface area contributed by atoms with Crippen molar-refractivity contribution in [2.45, 2.75) is 26.7 Å². The molecule has 4 heteroatoms. The topological polar surface area (TPSA) is 26.3 Å². The van der Waals surface area contributed by atoms with Crippen molar-refractivity contribution in [2.24, 2.45) is 5.92 Å². The Morgan fingerprint density at radius 2 is 2.31 bits per heavy atom. The van der Waals surface area contributed by atoms with Crippen LogP contribution < -0.4 is 0 Å². The number of hydrogen-bond donors (Lipinski definition) is 0. The van der Waals surface area contributed by atoms with E-state index in [2.05, 4.69) is 13.8 Å². The van der Waals surface area contributed by atoms with Crippen molar-refractivity contribution in [2.75, 3.05) is 13.2 Å². The van der Waals surface area contributed by atoms with Crippen molar-refractivity contribution >= 4 is 28.7 Å². The molecule has 1 atom stereocenters. The lowest BCUT2D eigenvalue weighted by Gasteiger charge is -2.09. The summed E-state index contributed by atoms with van der Waals surface area (Å²) in [6.45, 7) is 5.09. The smallest absolute Gasteiger partial charge is 0.198 e. The number of Topliss-reactive ketones (excluding diaryl/α,β-unsaturated/α-hetero) is 1. The molecule has 0 saturated carbocycles. The zero-order chi connectivity index (χ0) is 12.0. The minimum absolute atomic E-state index is 0.0144. The molecule has 0 aromatic carbocycles. The summed E-state index contributed by atoms with van der Waals surface area (Å²) in [6.07, 6.45) is 2.29. The molecule has 0 amide bonds. The fourth-order valence-electron chi connectivity index (χ4n) is 1.46. The van der Waals surface area contributed by atoms with Gasteiger partial charge in [-0.1, -0.05) is 31.9 Å². The summed E-state index contributed by atoms with van der Waals surface area (Å²) >= 11 is 7.06. The highest BCUT2D eigenvalue weighted by Gasteiger charge is 2.09. The van der Waals surface area contributed by atoms with Gasteiger partial charge in [-0.2, -0.15) is 0 Å². The second kappa shape index (κ2) is 7.05. The normalized spacial score (nSPS) is 12.7. The Labute approximate surface area is 106 Å². The zero-order valence-corrected chi connectivity index (χ0v) is 11.2. The van der Waals surface area contributed by atoms with Crippen LogP contribution in [0.25, 0.3) is 0 Å². The molecule has 0 bridgehead atoms. The van der Waals surface area contributed by atoms with Gasteiger partial charge in [0.1, 0.15) is 6.61 Å². The number of hydrogen-bond acceptors (Lipinski definition) is 3. The second-order valence-electron chi connectivity index (χ2n) is 3.94. The number of ether oxygens (including phenoxy) is 1. The zero-order valence-electron chi connectivity index (χ0n) is 9.66. The molecule has 1 aromatic rings. The Bertz CT molecular complexity index is 336. The van der Waals surface area contributed by atoms with Crippen molar-refractivity contribution in [3.63, 3.8) is 0 Å². The first-order chi connectivity index (χ1) is 7.63. The van der Waals surface area contributed by atoms with Crippen LogP contribution in [-0.4, -0.2) is 19.0 Å². The van der Waals surface area contributed by atoms with Gasteiger partial charge in [0, 0.05) is 6.61 Å². The lowest BCUT2D eigenvalue weighted by molar-refractivity contribution is 0.0687. The van der Waals surface area contributed by atoms with E-state index >= 15 is 0 Å². The first-order valence-electron chi connectivity index (χ1n) is 5.49. The number of carbonyl (C=O) groups is 1. The molecule has 2 nitrogen and oxygen atoms in total. The van der Waals surface area contributed by atoms with E-state index in [4.69, 9.17) is 16.3 Å². The third-order valence-electron chi connectivity index (χ3n) is 2.27. The van der Waals surface area contributed by atoms with Gasteiger partial charge in [0.2, 0.25) is 0 Å². The highest BCUT2D eigenvalue weighted by molar-refractivity contribution is 7.18. The first kappa shape index (κ1) is 13.7. The molecule has 16 heavy (non-hydrogen) atoms. The number of rotatable bonds is 7. The Morgan fingerprint density at radius 1 is 1.56 bits per heavy atom. The van der Waals surface area contributed by atoms with Gasteiger partial charge in [0.05, 0.1) is 9.21 Å². The van der Waals surface area contributed by atoms with Crippen molar-refractivity contribution in [3.8, 4) is 0 Å². The number of carbonyl (C=O) groups excluding carboxylic acids is 1. The maximum absolute atomic E-state index is 11.6. The second-order valence-corrected chi connectivity index (χ2v) is 5.65. The Hall–Kier alpha value is -0.380. The van der Waals surface area contributed by atoms with Gasteiger partial charge in [-0.05, 0) is 24.5 Å².